The van der Waals surface area contributed by atoms with Crippen LogP contribution in [0.5, 0.6) is 0 Å². The zero-order chi connectivity index (χ0) is 27.9. The van der Waals surface area contributed by atoms with Crippen LogP contribution in [0.2, 0.25) is 0 Å². The first-order valence-electron chi connectivity index (χ1n) is 10.8. The van der Waals surface area contributed by atoms with Crippen LogP contribution in [0.1, 0.15) is 28.5 Å². The molecule has 2 aromatic carbocycles. The number of carbonyl (C=O) groups excluding carboxylic acids is 1. The third-order valence-corrected chi connectivity index (χ3v) is 6.79. The number of aromatic nitrogens is 3. The molecule has 200 valence electrons. The van der Waals surface area contributed by atoms with Gasteiger partial charge in [0.25, 0.3) is 5.91 Å². The van der Waals surface area contributed by atoms with Gasteiger partial charge in [-0.1, -0.05) is 25.1 Å². The van der Waals surface area contributed by atoms with Crippen molar-refractivity contribution >= 4 is 27.3 Å². The summed E-state index contributed by atoms with van der Waals surface area (Å²) in [5.74, 6) is -0.941. The van der Waals surface area contributed by atoms with E-state index in [0.29, 0.717) is 22.7 Å². The van der Waals surface area contributed by atoms with Gasteiger partial charge in [-0.25, -0.2) is 22.6 Å². The van der Waals surface area contributed by atoms with Gasteiger partial charge >= 0.3 is 12.4 Å². The highest BCUT2D eigenvalue weighted by Crippen LogP contribution is 2.34. The predicted octanol–water partition coefficient (Wildman–Crippen LogP) is 4.98. The number of hydrogen-bond acceptors (Lipinski definition) is 5. The number of anilines is 1. The fourth-order valence-corrected chi connectivity index (χ4v) is 4.60. The van der Waals surface area contributed by atoms with E-state index in [4.69, 9.17) is 0 Å². The molecule has 0 aliphatic carbocycles. The second kappa shape index (κ2) is 9.72. The molecule has 0 atom stereocenters. The van der Waals surface area contributed by atoms with Gasteiger partial charge in [-0.15, -0.1) is 0 Å². The number of amides is 1. The summed E-state index contributed by atoms with van der Waals surface area (Å²) in [5, 5.41) is 6.03. The molecule has 0 radical (unpaired) electrons. The Kier molecular flexibility index (Phi) is 6.92. The molecule has 0 bridgehead atoms. The fourth-order valence-electron chi connectivity index (χ4n) is 3.52. The monoisotopic (exact) mass is 557 g/mol. The fraction of sp³-hybridized carbons (Fsp3) is 0.174. The van der Waals surface area contributed by atoms with E-state index in [9.17, 15) is 39.6 Å². The van der Waals surface area contributed by atoms with Crippen LogP contribution in [-0.2, 0) is 22.4 Å². The highest BCUT2D eigenvalue weighted by molar-refractivity contribution is 7.89. The number of nitrogens with one attached hydrogen (secondary N) is 2. The van der Waals surface area contributed by atoms with Crippen molar-refractivity contribution in [1.29, 1.82) is 0 Å². The molecule has 2 N–H and O–H groups in total. The summed E-state index contributed by atoms with van der Waals surface area (Å²) in [6.45, 7) is 1.70. The predicted molar refractivity (Wildman–Crippen MR) is 124 cm³/mol. The van der Waals surface area contributed by atoms with Gasteiger partial charge < -0.3 is 5.32 Å². The zero-order valence-corrected chi connectivity index (χ0v) is 20.0. The third kappa shape index (κ3) is 5.47. The number of sulfonamides is 1. The van der Waals surface area contributed by atoms with Gasteiger partial charge in [0.05, 0.1) is 22.3 Å². The van der Waals surface area contributed by atoms with Crippen molar-refractivity contribution < 1.29 is 39.6 Å². The van der Waals surface area contributed by atoms with E-state index in [1.165, 1.54) is 18.2 Å². The highest BCUT2D eigenvalue weighted by Gasteiger charge is 2.36. The molecule has 38 heavy (non-hydrogen) atoms. The van der Waals surface area contributed by atoms with E-state index in [2.05, 4.69) is 20.1 Å². The van der Waals surface area contributed by atoms with Gasteiger partial charge in [0.2, 0.25) is 10.0 Å². The van der Waals surface area contributed by atoms with E-state index < -0.39 is 45.2 Å². The lowest BCUT2D eigenvalue weighted by atomic mass is 10.1. The number of hydrogen-bond donors (Lipinski definition) is 2. The van der Waals surface area contributed by atoms with Crippen LogP contribution in [0.4, 0.5) is 32.0 Å². The first-order valence-corrected chi connectivity index (χ1v) is 12.2. The normalized spacial score (nSPS) is 12.6. The molecule has 0 fully saturated rings. The van der Waals surface area contributed by atoms with Crippen LogP contribution in [0.3, 0.4) is 0 Å². The number of benzene rings is 2. The van der Waals surface area contributed by atoms with Gasteiger partial charge in [-0.3, -0.25) is 4.79 Å². The van der Waals surface area contributed by atoms with Crippen molar-refractivity contribution in [2.45, 2.75) is 24.2 Å². The lowest BCUT2D eigenvalue weighted by Crippen LogP contribution is -2.23. The van der Waals surface area contributed by atoms with Gasteiger partial charge in [-0.2, -0.15) is 31.4 Å². The number of fused-ring (bicyclic) bond motifs is 1. The van der Waals surface area contributed by atoms with Crippen molar-refractivity contribution in [3.05, 3.63) is 77.6 Å². The zero-order valence-electron chi connectivity index (χ0n) is 19.2. The minimum atomic E-state index is -4.95. The Morgan fingerprint density at radius 1 is 0.974 bits per heavy atom. The SMILES string of the molecule is CCNS(=O)(=O)c1cccc(NC(=O)c2cnn3c(C(F)(F)F)cc(-c4ccc(C(F)(F)F)cc4)nc23)c1. The molecular formula is C23H17F6N5O3S. The number of nitrogens with zero attached hydrogens (tertiary/aromatic N) is 3. The van der Waals surface area contributed by atoms with Gasteiger partial charge in [0, 0.05) is 17.8 Å². The first kappa shape index (κ1) is 27.1. The van der Waals surface area contributed by atoms with Gasteiger partial charge in [0.1, 0.15) is 5.56 Å². The molecule has 0 spiro atoms. The standard InChI is InChI=1S/C23H17F6N5O3S/c1-2-31-38(36,37)16-5-3-4-15(10-16)32-21(35)17-12-30-34-19(23(27,28)29)11-18(33-20(17)34)13-6-8-14(9-7-13)22(24,25)26/h3-12,31H,2H2,1H3,(H,32,35). The van der Waals surface area contributed by atoms with E-state index >= 15 is 0 Å². The third-order valence-electron chi connectivity index (χ3n) is 5.25. The molecule has 0 aliphatic rings. The minimum absolute atomic E-state index is 0.0308. The minimum Gasteiger partial charge on any atom is -0.322 e. The quantitative estimate of drug-likeness (QED) is 0.325. The Bertz CT molecular complexity index is 1610. The number of carbonyl (C=O) groups is 1. The van der Waals surface area contributed by atoms with Crippen LogP contribution in [-0.4, -0.2) is 35.5 Å². The Labute approximate surface area is 211 Å². The van der Waals surface area contributed by atoms with Crippen molar-refractivity contribution in [3.63, 3.8) is 0 Å². The van der Waals surface area contributed by atoms with Crippen molar-refractivity contribution in [2.75, 3.05) is 11.9 Å². The molecule has 1 amide bonds. The van der Waals surface area contributed by atoms with E-state index in [-0.39, 0.29) is 33.9 Å². The van der Waals surface area contributed by atoms with Gasteiger partial charge in [-0.05, 0) is 36.4 Å². The van der Waals surface area contributed by atoms with E-state index in [1.54, 1.807) is 6.92 Å². The maximum Gasteiger partial charge on any atom is 0.433 e. The number of halogens is 6. The maximum absolute atomic E-state index is 13.8. The molecule has 2 aromatic heterocycles. The summed E-state index contributed by atoms with van der Waals surface area (Å²) < 4.78 is 107. The molecule has 0 unspecified atom stereocenters. The number of rotatable bonds is 6. The molecule has 0 saturated heterocycles. The lowest BCUT2D eigenvalue weighted by Gasteiger charge is -2.12. The Morgan fingerprint density at radius 3 is 2.26 bits per heavy atom. The topological polar surface area (TPSA) is 105 Å². The summed E-state index contributed by atoms with van der Waals surface area (Å²) in [4.78, 5) is 16.9. The van der Waals surface area contributed by atoms with Crippen molar-refractivity contribution in [3.8, 4) is 11.3 Å². The second-order valence-corrected chi connectivity index (χ2v) is 9.64. The van der Waals surface area contributed by atoms with Crippen LogP contribution < -0.4 is 10.0 Å². The average molecular weight is 557 g/mol. The Hall–Kier alpha value is -3.98. The van der Waals surface area contributed by atoms with Gasteiger partial charge in [0.15, 0.2) is 11.3 Å². The van der Waals surface area contributed by atoms with Crippen LogP contribution >= 0.6 is 0 Å². The summed E-state index contributed by atoms with van der Waals surface area (Å²) in [6.07, 6.45) is -8.74. The molecule has 0 saturated carbocycles. The second-order valence-electron chi connectivity index (χ2n) is 7.88. The molecule has 0 aliphatic heterocycles. The van der Waals surface area contributed by atoms with E-state index in [0.717, 1.165) is 24.4 Å². The molecule has 8 nitrogen and oxygen atoms in total. The largest absolute Gasteiger partial charge is 0.433 e. The molecule has 2 heterocycles. The molecular weight excluding hydrogens is 540 g/mol. The summed E-state index contributed by atoms with van der Waals surface area (Å²) in [6, 6.07) is 9.12. The van der Waals surface area contributed by atoms with Crippen LogP contribution in [0.15, 0.2) is 65.7 Å². The number of alkyl halides is 6. The Morgan fingerprint density at radius 2 is 1.66 bits per heavy atom. The van der Waals surface area contributed by atoms with Crippen molar-refractivity contribution in [2.24, 2.45) is 0 Å². The first-order chi connectivity index (χ1) is 17.7. The summed E-state index contributed by atoms with van der Waals surface area (Å²) in [7, 11) is -3.85. The molecule has 15 heteroatoms. The summed E-state index contributed by atoms with van der Waals surface area (Å²) in [5.41, 5.74) is -3.57. The van der Waals surface area contributed by atoms with Crippen LogP contribution in [0.25, 0.3) is 16.9 Å². The maximum atomic E-state index is 13.8. The lowest BCUT2D eigenvalue weighted by molar-refractivity contribution is -0.142. The smallest absolute Gasteiger partial charge is 0.322 e. The molecule has 4 rings (SSSR count). The van der Waals surface area contributed by atoms with Crippen LogP contribution in [0, 0.1) is 0 Å². The van der Waals surface area contributed by atoms with E-state index in [1.807, 2.05) is 0 Å². The average Bonchev–Trinajstić information content (AvgIpc) is 3.26. The highest BCUT2D eigenvalue weighted by atomic mass is 32.2. The Balaban J connectivity index is 1.76. The summed E-state index contributed by atoms with van der Waals surface area (Å²) >= 11 is 0. The molecule has 4 aromatic rings. The van der Waals surface area contributed by atoms with Crippen molar-refractivity contribution in [1.82, 2.24) is 19.3 Å².